The maximum atomic E-state index is 5.84. The molecule has 102 valence electrons. The molecule has 0 aliphatic heterocycles. The van der Waals surface area contributed by atoms with Crippen LogP contribution in [0.25, 0.3) is 0 Å². The van der Waals surface area contributed by atoms with Gasteiger partial charge in [-0.05, 0) is 32.4 Å². The number of pyridine rings is 1. The van der Waals surface area contributed by atoms with Crippen molar-refractivity contribution in [3.05, 3.63) is 34.7 Å². The summed E-state index contributed by atoms with van der Waals surface area (Å²) >= 11 is 5.84. The first kappa shape index (κ1) is 13.7. The summed E-state index contributed by atoms with van der Waals surface area (Å²) in [5.41, 5.74) is 8.54. The zero-order valence-electron chi connectivity index (χ0n) is 11.2. The number of halogens is 1. The fourth-order valence-corrected chi connectivity index (χ4v) is 2.17. The third kappa shape index (κ3) is 3.86. The Balaban J connectivity index is 1.82. The monoisotopic (exact) mass is 279 g/mol. The maximum Gasteiger partial charge on any atom is 0.133 e. The number of rotatable bonds is 5. The molecular weight excluding hydrogens is 262 g/mol. The summed E-state index contributed by atoms with van der Waals surface area (Å²) in [4.78, 5) is 4.15. The van der Waals surface area contributed by atoms with Gasteiger partial charge in [0.2, 0.25) is 0 Å². The Labute approximate surface area is 117 Å². The van der Waals surface area contributed by atoms with Crippen LogP contribution >= 0.6 is 11.6 Å². The van der Waals surface area contributed by atoms with E-state index >= 15 is 0 Å². The van der Waals surface area contributed by atoms with Gasteiger partial charge in [-0.3, -0.25) is 4.68 Å². The molecule has 0 saturated heterocycles. The number of aryl methyl sites for hydroxylation is 3. The lowest BCUT2D eigenvalue weighted by molar-refractivity contribution is 0.573. The highest BCUT2D eigenvalue weighted by molar-refractivity contribution is 6.29. The van der Waals surface area contributed by atoms with Crippen molar-refractivity contribution in [3.8, 4) is 0 Å². The molecule has 5 nitrogen and oxygen atoms in total. The first-order valence-electron chi connectivity index (χ1n) is 6.22. The second-order valence-electron chi connectivity index (χ2n) is 4.54. The van der Waals surface area contributed by atoms with Crippen LogP contribution in [-0.2, 0) is 6.54 Å². The maximum absolute atomic E-state index is 5.84. The summed E-state index contributed by atoms with van der Waals surface area (Å²) in [7, 11) is 0. The lowest BCUT2D eigenvalue weighted by Crippen LogP contribution is -2.09. The van der Waals surface area contributed by atoms with Crippen molar-refractivity contribution >= 4 is 23.1 Å². The van der Waals surface area contributed by atoms with E-state index in [1.165, 1.54) is 5.69 Å². The SMILES string of the molecule is Cc1cc(C)n(CCCNc2cc(N)cc(Cl)n2)n1. The molecule has 3 N–H and O–H groups in total. The van der Waals surface area contributed by atoms with E-state index in [4.69, 9.17) is 17.3 Å². The second-order valence-corrected chi connectivity index (χ2v) is 4.93. The third-order valence-electron chi connectivity index (χ3n) is 2.77. The molecule has 2 rings (SSSR count). The molecule has 0 aliphatic rings. The highest BCUT2D eigenvalue weighted by Crippen LogP contribution is 2.15. The fourth-order valence-electron chi connectivity index (χ4n) is 1.95. The lowest BCUT2D eigenvalue weighted by Gasteiger charge is -2.08. The molecule has 0 atom stereocenters. The van der Waals surface area contributed by atoms with E-state index < -0.39 is 0 Å². The zero-order valence-corrected chi connectivity index (χ0v) is 11.9. The van der Waals surface area contributed by atoms with Crippen LogP contribution in [0.5, 0.6) is 0 Å². The Kier molecular flexibility index (Phi) is 4.27. The molecule has 0 spiro atoms. The van der Waals surface area contributed by atoms with Crippen LogP contribution in [-0.4, -0.2) is 21.3 Å². The van der Waals surface area contributed by atoms with Crippen molar-refractivity contribution in [1.29, 1.82) is 0 Å². The topological polar surface area (TPSA) is 68.8 Å². The minimum absolute atomic E-state index is 0.404. The van der Waals surface area contributed by atoms with Gasteiger partial charge in [-0.25, -0.2) is 4.98 Å². The Morgan fingerprint density at radius 1 is 1.32 bits per heavy atom. The molecule has 0 unspecified atom stereocenters. The van der Waals surface area contributed by atoms with E-state index in [1.54, 1.807) is 12.1 Å². The molecule has 0 fully saturated rings. The van der Waals surface area contributed by atoms with Gasteiger partial charge in [-0.2, -0.15) is 5.10 Å². The van der Waals surface area contributed by atoms with Crippen molar-refractivity contribution in [3.63, 3.8) is 0 Å². The minimum Gasteiger partial charge on any atom is -0.399 e. The molecule has 0 saturated carbocycles. The molecule has 2 heterocycles. The Morgan fingerprint density at radius 2 is 2.11 bits per heavy atom. The van der Waals surface area contributed by atoms with Crippen molar-refractivity contribution in [2.45, 2.75) is 26.8 Å². The van der Waals surface area contributed by atoms with E-state index in [-0.39, 0.29) is 0 Å². The van der Waals surface area contributed by atoms with Gasteiger partial charge in [0.25, 0.3) is 0 Å². The van der Waals surface area contributed by atoms with Crippen LogP contribution in [0.2, 0.25) is 5.15 Å². The third-order valence-corrected chi connectivity index (χ3v) is 2.97. The van der Waals surface area contributed by atoms with Gasteiger partial charge >= 0.3 is 0 Å². The molecule has 2 aromatic rings. The summed E-state index contributed by atoms with van der Waals surface area (Å²) in [5.74, 6) is 0.707. The number of hydrogen-bond donors (Lipinski definition) is 2. The largest absolute Gasteiger partial charge is 0.399 e. The number of nitrogen functional groups attached to an aromatic ring is 1. The predicted octanol–water partition coefficient (Wildman–Crippen LogP) is 2.63. The zero-order chi connectivity index (χ0) is 13.8. The molecule has 0 radical (unpaired) electrons. The highest BCUT2D eigenvalue weighted by atomic mass is 35.5. The van der Waals surface area contributed by atoms with Crippen molar-refractivity contribution in [1.82, 2.24) is 14.8 Å². The van der Waals surface area contributed by atoms with E-state index in [2.05, 4.69) is 28.4 Å². The fraction of sp³-hybridized carbons (Fsp3) is 0.385. The minimum atomic E-state index is 0.404. The summed E-state index contributed by atoms with van der Waals surface area (Å²) in [6.45, 7) is 5.74. The van der Waals surface area contributed by atoms with Gasteiger partial charge in [0.1, 0.15) is 11.0 Å². The molecular formula is C13H18ClN5. The van der Waals surface area contributed by atoms with Crippen LogP contribution in [0.15, 0.2) is 18.2 Å². The van der Waals surface area contributed by atoms with Crippen LogP contribution in [0.3, 0.4) is 0 Å². The Bertz CT molecular complexity index is 544. The van der Waals surface area contributed by atoms with Crippen molar-refractivity contribution in [2.24, 2.45) is 0 Å². The van der Waals surface area contributed by atoms with Crippen LogP contribution in [0.4, 0.5) is 11.5 Å². The normalized spacial score (nSPS) is 10.7. The lowest BCUT2D eigenvalue weighted by atomic mass is 10.3. The molecule has 0 amide bonds. The number of anilines is 2. The summed E-state index contributed by atoms with van der Waals surface area (Å²) in [6.07, 6.45) is 0.954. The van der Waals surface area contributed by atoms with Gasteiger partial charge in [0.05, 0.1) is 5.69 Å². The average Bonchev–Trinajstić information content (AvgIpc) is 2.62. The Morgan fingerprint density at radius 3 is 2.74 bits per heavy atom. The van der Waals surface area contributed by atoms with Crippen LogP contribution < -0.4 is 11.1 Å². The van der Waals surface area contributed by atoms with Crippen LogP contribution in [0, 0.1) is 13.8 Å². The molecule has 0 aliphatic carbocycles. The van der Waals surface area contributed by atoms with Gasteiger partial charge < -0.3 is 11.1 Å². The van der Waals surface area contributed by atoms with Gasteiger partial charge in [0.15, 0.2) is 0 Å². The van der Waals surface area contributed by atoms with Gasteiger partial charge in [0, 0.05) is 30.5 Å². The standard InChI is InChI=1S/C13H18ClN5/c1-9-6-10(2)19(18-9)5-3-4-16-13-8-11(15)7-12(14)17-13/h6-8H,3-5H2,1-2H3,(H3,15,16,17). The molecule has 0 aromatic carbocycles. The first-order valence-corrected chi connectivity index (χ1v) is 6.60. The van der Waals surface area contributed by atoms with Crippen molar-refractivity contribution < 1.29 is 0 Å². The van der Waals surface area contributed by atoms with Crippen molar-refractivity contribution in [2.75, 3.05) is 17.6 Å². The number of hydrogen-bond acceptors (Lipinski definition) is 4. The number of aromatic nitrogens is 3. The second kappa shape index (κ2) is 5.93. The number of nitrogens with one attached hydrogen (secondary N) is 1. The molecule has 19 heavy (non-hydrogen) atoms. The smallest absolute Gasteiger partial charge is 0.133 e. The van der Waals surface area contributed by atoms with Gasteiger partial charge in [-0.1, -0.05) is 11.6 Å². The van der Waals surface area contributed by atoms with E-state index in [0.29, 0.717) is 16.7 Å². The van der Waals surface area contributed by atoms with E-state index in [9.17, 15) is 0 Å². The number of nitrogens with two attached hydrogens (primary N) is 1. The first-order chi connectivity index (χ1) is 9.04. The number of nitrogens with zero attached hydrogens (tertiary/aromatic N) is 3. The summed E-state index contributed by atoms with van der Waals surface area (Å²) in [5, 5.41) is 8.03. The predicted molar refractivity (Wildman–Crippen MR) is 78.5 cm³/mol. The van der Waals surface area contributed by atoms with Gasteiger partial charge in [-0.15, -0.1) is 0 Å². The summed E-state index contributed by atoms with van der Waals surface area (Å²) in [6, 6.07) is 5.48. The van der Waals surface area contributed by atoms with E-state index in [1.807, 2.05) is 11.6 Å². The molecule has 2 aromatic heterocycles. The molecule has 6 heteroatoms. The average molecular weight is 280 g/mol. The molecule has 0 bridgehead atoms. The highest BCUT2D eigenvalue weighted by Gasteiger charge is 2.01. The quantitative estimate of drug-likeness (QED) is 0.652. The van der Waals surface area contributed by atoms with Crippen LogP contribution in [0.1, 0.15) is 17.8 Å². The van der Waals surface area contributed by atoms with E-state index in [0.717, 1.165) is 25.2 Å². The summed E-state index contributed by atoms with van der Waals surface area (Å²) < 4.78 is 2.01. The Hall–Kier alpha value is -1.75.